The molecular formula is C13H15N2O2+. The van der Waals surface area contributed by atoms with Crippen LogP contribution in [0, 0.1) is 20.8 Å². The molecule has 0 spiro atoms. The normalized spacial score (nSPS) is 10.5. The van der Waals surface area contributed by atoms with Crippen molar-refractivity contribution < 1.29 is 15.2 Å². The topological polar surface area (TPSA) is 57.2 Å². The Labute approximate surface area is 99.7 Å². The highest BCUT2D eigenvalue weighted by Gasteiger charge is 2.19. The minimum Gasteiger partial charge on any atom is -0.508 e. The molecule has 0 amide bonds. The summed E-state index contributed by atoms with van der Waals surface area (Å²) in [7, 11) is 0. The van der Waals surface area contributed by atoms with Crippen molar-refractivity contribution >= 4 is 0 Å². The van der Waals surface area contributed by atoms with E-state index in [1.54, 1.807) is 18.3 Å². The second-order valence-corrected chi connectivity index (χ2v) is 4.18. The van der Waals surface area contributed by atoms with E-state index in [1.807, 2.05) is 26.8 Å². The van der Waals surface area contributed by atoms with Crippen molar-refractivity contribution in [3.8, 4) is 16.9 Å². The molecular weight excluding hydrogens is 216 g/mol. The molecule has 17 heavy (non-hydrogen) atoms. The second-order valence-electron chi connectivity index (χ2n) is 4.18. The molecule has 2 N–H and O–H groups in total. The maximum atomic E-state index is 9.59. The van der Waals surface area contributed by atoms with Crippen LogP contribution in [-0.4, -0.2) is 15.4 Å². The summed E-state index contributed by atoms with van der Waals surface area (Å²) in [6.45, 7) is 5.68. The zero-order chi connectivity index (χ0) is 12.6. The molecule has 0 bridgehead atoms. The third-order valence-corrected chi connectivity index (χ3v) is 2.90. The van der Waals surface area contributed by atoms with Gasteiger partial charge in [0.1, 0.15) is 16.8 Å². The Morgan fingerprint density at radius 1 is 1.12 bits per heavy atom. The number of aromatic hydroxyl groups is 1. The van der Waals surface area contributed by atoms with E-state index < -0.39 is 0 Å². The molecule has 0 saturated carbocycles. The number of hydrogen-bond acceptors (Lipinski definition) is 3. The Morgan fingerprint density at radius 2 is 1.82 bits per heavy atom. The van der Waals surface area contributed by atoms with Gasteiger partial charge in [0.25, 0.3) is 5.69 Å². The van der Waals surface area contributed by atoms with E-state index in [1.165, 1.54) is 0 Å². The van der Waals surface area contributed by atoms with Crippen molar-refractivity contribution in [2.75, 3.05) is 0 Å². The Balaban J connectivity index is 2.72. The number of benzene rings is 1. The summed E-state index contributed by atoms with van der Waals surface area (Å²) in [5, 5.41) is 22.8. The van der Waals surface area contributed by atoms with Crippen molar-refractivity contribution in [2.45, 2.75) is 20.8 Å². The Kier molecular flexibility index (Phi) is 2.71. The van der Waals surface area contributed by atoms with Gasteiger partial charge in [-0.05, 0) is 42.7 Å². The van der Waals surface area contributed by atoms with Crippen LogP contribution in [0.1, 0.15) is 16.8 Å². The SMILES string of the molecule is Cc1cc(O)ccc1-c1c(C)cn[n+](O)c1C. The fourth-order valence-electron chi connectivity index (χ4n) is 2.01. The van der Waals surface area contributed by atoms with Gasteiger partial charge in [0.15, 0.2) is 0 Å². The molecule has 88 valence electrons. The molecule has 0 aliphatic rings. The number of nitrogens with zero attached hydrogens (tertiary/aromatic N) is 2. The molecule has 2 aromatic rings. The molecule has 0 saturated heterocycles. The fraction of sp³-hybridized carbons (Fsp3) is 0.231. The molecule has 4 nitrogen and oxygen atoms in total. The van der Waals surface area contributed by atoms with Crippen LogP contribution in [0.5, 0.6) is 5.75 Å². The van der Waals surface area contributed by atoms with Crippen LogP contribution >= 0.6 is 0 Å². The van der Waals surface area contributed by atoms with Gasteiger partial charge in [0, 0.05) is 12.0 Å². The van der Waals surface area contributed by atoms with Crippen LogP contribution in [0.3, 0.4) is 0 Å². The van der Waals surface area contributed by atoms with Crippen LogP contribution in [0.4, 0.5) is 0 Å². The van der Waals surface area contributed by atoms with Gasteiger partial charge >= 0.3 is 0 Å². The lowest BCUT2D eigenvalue weighted by atomic mass is 9.96. The van der Waals surface area contributed by atoms with E-state index in [0.717, 1.165) is 27.1 Å². The van der Waals surface area contributed by atoms with Crippen LogP contribution in [-0.2, 0) is 0 Å². The quantitative estimate of drug-likeness (QED) is 0.582. The lowest BCUT2D eigenvalue weighted by Gasteiger charge is -2.08. The Hall–Kier alpha value is -2.10. The first-order chi connectivity index (χ1) is 8.00. The highest BCUT2D eigenvalue weighted by Crippen LogP contribution is 2.29. The minimum atomic E-state index is 0.243. The highest BCUT2D eigenvalue weighted by atomic mass is 16.5. The average Bonchev–Trinajstić information content (AvgIpc) is 2.27. The van der Waals surface area contributed by atoms with Gasteiger partial charge in [0.2, 0.25) is 0 Å². The Morgan fingerprint density at radius 3 is 2.47 bits per heavy atom. The molecule has 4 heteroatoms. The van der Waals surface area contributed by atoms with Gasteiger partial charge in [-0.15, -0.1) is 0 Å². The van der Waals surface area contributed by atoms with Gasteiger partial charge in [-0.2, -0.15) is 0 Å². The zero-order valence-electron chi connectivity index (χ0n) is 10.1. The molecule has 1 heterocycles. The van der Waals surface area contributed by atoms with Crippen LogP contribution in [0.25, 0.3) is 11.1 Å². The van der Waals surface area contributed by atoms with Crippen LogP contribution < -0.4 is 4.85 Å². The highest BCUT2D eigenvalue weighted by molar-refractivity contribution is 5.71. The van der Waals surface area contributed by atoms with Crippen molar-refractivity contribution in [3.63, 3.8) is 0 Å². The van der Waals surface area contributed by atoms with Gasteiger partial charge in [-0.1, -0.05) is 6.07 Å². The predicted octanol–water partition coefficient (Wildman–Crippen LogP) is 1.90. The van der Waals surface area contributed by atoms with Crippen molar-refractivity contribution in [2.24, 2.45) is 0 Å². The molecule has 0 fully saturated rings. The van der Waals surface area contributed by atoms with Crippen LogP contribution in [0.15, 0.2) is 24.4 Å². The van der Waals surface area contributed by atoms with Crippen molar-refractivity contribution in [1.29, 1.82) is 0 Å². The third kappa shape index (κ3) is 1.93. The van der Waals surface area contributed by atoms with E-state index in [0.29, 0.717) is 5.69 Å². The average molecular weight is 231 g/mol. The standard InChI is InChI=1S/C13H14N2O2/c1-8-6-11(16)4-5-12(8)13-9(2)7-14-15(17)10(13)3/h4-7H,1-3H3,(H-,14,16,17)/p+1. The van der Waals surface area contributed by atoms with Gasteiger partial charge in [0.05, 0.1) is 5.56 Å². The molecule has 0 aliphatic carbocycles. The first-order valence-corrected chi connectivity index (χ1v) is 5.38. The summed E-state index contributed by atoms with van der Waals surface area (Å²) in [6, 6.07) is 5.19. The molecule has 2 rings (SSSR count). The maximum Gasteiger partial charge on any atom is 0.271 e. The fourth-order valence-corrected chi connectivity index (χ4v) is 2.01. The van der Waals surface area contributed by atoms with Crippen LogP contribution in [0.2, 0.25) is 0 Å². The summed E-state index contributed by atoms with van der Waals surface area (Å²) >= 11 is 0. The predicted molar refractivity (Wildman–Crippen MR) is 62.9 cm³/mol. The van der Waals surface area contributed by atoms with Gasteiger partial charge < -0.3 is 5.11 Å². The number of aryl methyl sites for hydroxylation is 2. The van der Waals surface area contributed by atoms with E-state index in [2.05, 4.69) is 5.10 Å². The number of rotatable bonds is 1. The molecule has 0 radical (unpaired) electrons. The Bertz CT molecular complexity index is 580. The first-order valence-electron chi connectivity index (χ1n) is 5.38. The van der Waals surface area contributed by atoms with E-state index in [-0.39, 0.29) is 5.75 Å². The number of hydrogen-bond donors (Lipinski definition) is 2. The smallest absolute Gasteiger partial charge is 0.271 e. The summed E-state index contributed by atoms with van der Waals surface area (Å²) in [5.74, 6) is 0.243. The van der Waals surface area contributed by atoms with E-state index >= 15 is 0 Å². The molecule has 0 atom stereocenters. The monoisotopic (exact) mass is 231 g/mol. The lowest BCUT2D eigenvalue weighted by molar-refractivity contribution is -0.952. The number of aromatic nitrogens is 2. The van der Waals surface area contributed by atoms with E-state index in [4.69, 9.17) is 0 Å². The molecule has 1 aromatic heterocycles. The molecule has 0 aliphatic heterocycles. The maximum absolute atomic E-state index is 9.59. The summed E-state index contributed by atoms with van der Waals surface area (Å²) in [6.07, 6.45) is 1.62. The number of phenolic OH excluding ortho intramolecular Hbond substituents is 1. The van der Waals surface area contributed by atoms with Crippen molar-refractivity contribution in [3.05, 3.63) is 41.2 Å². The van der Waals surface area contributed by atoms with Gasteiger partial charge in [-0.3, -0.25) is 5.21 Å². The van der Waals surface area contributed by atoms with E-state index in [9.17, 15) is 10.3 Å². The summed E-state index contributed by atoms with van der Waals surface area (Å²) in [5.41, 5.74) is 4.56. The largest absolute Gasteiger partial charge is 0.508 e. The summed E-state index contributed by atoms with van der Waals surface area (Å²) in [4.78, 5) is 0.870. The lowest BCUT2D eigenvalue weighted by Crippen LogP contribution is -2.38. The first kappa shape index (κ1) is 11.4. The molecule has 1 aromatic carbocycles. The molecule has 0 unspecified atom stereocenters. The third-order valence-electron chi connectivity index (χ3n) is 2.90. The second kappa shape index (κ2) is 4.05. The summed E-state index contributed by atoms with van der Waals surface area (Å²) < 4.78 is 0. The number of phenols is 1. The van der Waals surface area contributed by atoms with Gasteiger partial charge in [-0.25, -0.2) is 0 Å². The van der Waals surface area contributed by atoms with Crippen molar-refractivity contribution in [1.82, 2.24) is 5.10 Å². The minimum absolute atomic E-state index is 0.243. The zero-order valence-corrected chi connectivity index (χ0v) is 10.1.